The molecule has 3 heteroatoms. The minimum Gasteiger partial charge on any atom is -0.396 e. The van der Waals surface area contributed by atoms with Gasteiger partial charge in [0.2, 0.25) is 0 Å². The smallest absolute Gasteiger partial charge is 0.0730 e. The lowest BCUT2D eigenvalue weighted by molar-refractivity contribution is -0.0928. The van der Waals surface area contributed by atoms with Crippen LogP contribution in [0.25, 0.3) is 0 Å². The molecule has 0 radical (unpaired) electrons. The number of hydrogen-bond donors (Lipinski definition) is 1. The Labute approximate surface area is 92.4 Å². The van der Waals surface area contributed by atoms with E-state index in [0.717, 1.165) is 19.7 Å². The molecule has 3 unspecified atom stereocenters. The predicted octanol–water partition coefficient (Wildman–Crippen LogP) is 1.26. The Kier molecular flexibility index (Phi) is 4.00. The van der Waals surface area contributed by atoms with E-state index in [4.69, 9.17) is 9.84 Å². The molecule has 15 heavy (non-hydrogen) atoms. The van der Waals surface area contributed by atoms with Crippen molar-refractivity contribution < 1.29 is 9.84 Å². The number of ether oxygens (including phenoxy) is 1. The highest BCUT2D eigenvalue weighted by Gasteiger charge is 2.34. The molecule has 1 heterocycles. The van der Waals surface area contributed by atoms with E-state index in [1.165, 1.54) is 25.7 Å². The number of aliphatic hydroxyl groups is 1. The zero-order valence-corrected chi connectivity index (χ0v) is 9.69. The molecule has 2 rings (SSSR count). The van der Waals surface area contributed by atoms with Crippen molar-refractivity contribution in [3.63, 3.8) is 0 Å². The van der Waals surface area contributed by atoms with Crippen LogP contribution in [0, 0.1) is 5.92 Å². The lowest BCUT2D eigenvalue weighted by Crippen LogP contribution is -2.53. The zero-order chi connectivity index (χ0) is 10.7. The summed E-state index contributed by atoms with van der Waals surface area (Å²) in [4.78, 5) is 2.54. The van der Waals surface area contributed by atoms with Gasteiger partial charge in [0.05, 0.1) is 12.7 Å². The van der Waals surface area contributed by atoms with E-state index in [1.807, 2.05) is 0 Å². The quantitative estimate of drug-likeness (QED) is 0.766. The first-order chi connectivity index (χ1) is 7.31. The maximum absolute atomic E-state index is 9.10. The molecule has 1 N–H and O–H groups in total. The van der Waals surface area contributed by atoms with Gasteiger partial charge in [0.1, 0.15) is 0 Å². The highest BCUT2D eigenvalue weighted by atomic mass is 16.5. The van der Waals surface area contributed by atoms with E-state index in [9.17, 15) is 0 Å². The molecule has 0 amide bonds. The first-order valence-electron chi connectivity index (χ1n) is 6.27. The molecule has 0 bridgehead atoms. The van der Waals surface area contributed by atoms with Gasteiger partial charge in [-0.2, -0.15) is 0 Å². The average molecular weight is 213 g/mol. The van der Waals surface area contributed by atoms with Crippen LogP contribution in [0.3, 0.4) is 0 Å². The third-order valence-electron chi connectivity index (χ3n) is 3.70. The van der Waals surface area contributed by atoms with Crippen molar-refractivity contribution in [3.8, 4) is 0 Å². The van der Waals surface area contributed by atoms with Crippen molar-refractivity contribution in [3.05, 3.63) is 0 Å². The first-order valence-corrected chi connectivity index (χ1v) is 6.27. The monoisotopic (exact) mass is 213 g/mol. The molecular formula is C12H23NO2. The van der Waals surface area contributed by atoms with Crippen LogP contribution in [-0.2, 0) is 4.74 Å². The van der Waals surface area contributed by atoms with E-state index in [0.29, 0.717) is 24.7 Å². The summed E-state index contributed by atoms with van der Waals surface area (Å²) >= 11 is 0. The van der Waals surface area contributed by atoms with Gasteiger partial charge in [-0.3, -0.25) is 4.90 Å². The summed E-state index contributed by atoms with van der Waals surface area (Å²) in [6.45, 7) is 5.37. The van der Waals surface area contributed by atoms with Gasteiger partial charge in [-0.05, 0) is 18.8 Å². The van der Waals surface area contributed by atoms with E-state index < -0.39 is 0 Å². The minimum atomic E-state index is 0.300. The van der Waals surface area contributed by atoms with Crippen LogP contribution in [0.4, 0.5) is 0 Å². The van der Waals surface area contributed by atoms with Crippen molar-refractivity contribution >= 4 is 0 Å². The molecule has 1 saturated heterocycles. The lowest BCUT2D eigenvalue weighted by atomic mass is 9.89. The van der Waals surface area contributed by atoms with Crippen LogP contribution < -0.4 is 0 Å². The molecule has 3 nitrogen and oxygen atoms in total. The normalized spacial score (nSPS) is 34.8. The average Bonchev–Trinajstić information content (AvgIpc) is 2.29. The Balaban J connectivity index is 1.91. The molecule has 0 aromatic heterocycles. The second-order valence-corrected chi connectivity index (χ2v) is 5.04. The molecule has 3 atom stereocenters. The van der Waals surface area contributed by atoms with Gasteiger partial charge in [0.15, 0.2) is 0 Å². The summed E-state index contributed by atoms with van der Waals surface area (Å²) in [5, 5.41) is 9.10. The maximum Gasteiger partial charge on any atom is 0.0730 e. The summed E-state index contributed by atoms with van der Waals surface area (Å²) in [7, 11) is 0. The van der Waals surface area contributed by atoms with Crippen molar-refractivity contribution in [1.29, 1.82) is 0 Å². The van der Waals surface area contributed by atoms with Gasteiger partial charge in [-0.15, -0.1) is 0 Å². The molecule has 0 aromatic rings. The van der Waals surface area contributed by atoms with Gasteiger partial charge < -0.3 is 9.84 Å². The molecule has 88 valence electrons. The van der Waals surface area contributed by atoms with Gasteiger partial charge in [0.25, 0.3) is 0 Å². The maximum atomic E-state index is 9.10. The van der Waals surface area contributed by atoms with Crippen molar-refractivity contribution in [2.75, 3.05) is 26.3 Å². The Morgan fingerprint density at radius 3 is 3.00 bits per heavy atom. The molecule has 2 fully saturated rings. The van der Waals surface area contributed by atoms with E-state index in [-0.39, 0.29) is 0 Å². The Morgan fingerprint density at radius 1 is 1.40 bits per heavy atom. The van der Waals surface area contributed by atoms with E-state index >= 15 is 0 Å². The molecule has 1 aliphatic carbocycles. The van der Waals surface area contributed by atoms with Crippen LogP contribution in [0.1, 0.15) is 32.6 Å². The second kappa shape index (κ2) is 5.28. The fourth-order valence-electron chi connectivity index (χ4n) is 2.86. The molecule has 2 aliphatic rings. The molecule has 1 saturated carbocycles. The summed E-state index contributed by atoms with van der Waals surface area (Å²) in [5.74, 6) is 0.394. The zero-order valence-electron chi connectivity index (χ0n) is 9.69. The summed E-state index contributed by atoms with van der Waals surface area (Å²) < 4.78 is 5.82. The molecule has 0 aromatic carbocycles. The lowest BCUT2D eigenvalue weighted by Gasteiger charge is -2.44. The molecule has 0 spiro atoms. The number of aliphatic hydroxyl groups excluding tert-OH is 1. The van der Waals surface area contributed by atoms with Crippen molar-refractivity contribution in [2.24, 2.45) is 5.92 Å². The number of fused-ring (bicyclic) bond motifs is 1. The fraction of sp³-hybridized carbons (Fsp3) is 1.00. The number of nitrogens with zero attached hydrogens (tertiary/aromatic N) is 1. The Bertz CT molecular complexity index is 196. The molecule has 1 aliphatic heterocycles. The summed E-state index contributed by atoms with van der Waals surface area (Å²) in [5.41, 5.74) is 0. The van der Waals surface area contributed by atoms with E-state index in [2.05, 4.69) is 11.8 Å². The van der Waals surface area contributed by atoms with Gasteiger partial charge in [-0.1, -0.05) is 19.8 Å². The van der Waals surface area contributed by atoms with Crippen LogP contribution in [-0.4, -0.2) is 48.5 Å². The largest absolute Gasteiger partial charge is 0.396 e. The molecular weight excluding hydrogens is 190 g/mol. The third kappa shape index (κ3) is 2.71. The number of morpholine rings is 1. The van der Waals surface area contributed by atoms with Gasteiger partial charge >= 0.3 is 0 Å². The topological polar surface area (TPSA) is 32.7 Å². The minimum absolute atomic E-state index is 0.300. The number of rotatable bonds is 3. The summed E-state index contributed by atoms with van der Waals surface area (Å²) in [6, 6.07) is 0.626. The van der Waals surface area contributed by atoms with Gasteiger partial charge in [-0.25, -0.2) is 0 Å². The van der Waals surface area contributed by atoms with Crippen LogP contribution in [0.5, 0.6) is 0 Å². The standard InChI is InChI=1S/C12H23NO2/c1-10(9-14)8-13-6-7-15-12-5-3-2-4-11(12)13/h10-12,14H,2-9H2,1H3. The fourth-order valence-corrected chi connectivity index (χ4v) is 2.86. The van der Waals surface area contributed by atoms with Crippen LogP contribution >= 0.6 is 0 Å². The summed E-state index contributed by atoms with van der Waals surface area (Å²) in [6.07, 6.45) is 5.65. The van der Waals surface area contributed by atoms with Crippen LogP contribution in [0.2, 0.25) is 0 Å². The predicted molar refractivity (Wildman–Crippen MR) is 59.8 cm³/mol. The number of hydrogen-bond acceptors (Lipinski definition) is 3. The SMILES string of the molecule is CC(CO)CN1CCOC2CCCCC21. The Hall–Kier alpha value is -0.120. The second-order valence-electron chi connectivity index (χ2n) is 5.04. The van der Waals surface area contributed by atoms with Crippen molar-refractivity contribution in [1.82, 2.24) is 4.90 Å². The van der Waals surface area contributed by atoms with Gasteiger partial charge in [0, 0.05) is 25.7 Å². The first kappa shape index (κ1) is 11.4. The highest BCUT2D eigenvalue weighted by molar-refractivity contribution is 4.87. The highest BCUT2D eigenvalue weighted by Crippen LogP contribution is 2.28. The van der Waals surface area contributed by atoms with Crippen LogP contribution in [0.15, 0.2) is 0 Å². The van der Waals surface area contributed by atoms with E-state index in [1.54, 1.807) is 0 Å². The third-order valence-corrected chi connectivity index (χ3v) is 3.70. The Morgan fingerprint density at radius 2 is 2.20 bits per heavy atom. The van der Waals surface area contributed by atoms with Crippen molar-refractivity contribution in [2.45, 2.75) is 44.8 Å².